The van der Waals surface area contributed by atoms with Crippen molar-refractivity contribution in [3.8, 4) is 5.75 Å². The molecule has 1 saturated heterocycles. The van der Waals surface area contributed by atoms with Crippen molar-refractivity contribution in [2.24, 2.45) is 0 Å². The highest BCUT2D eigenvalue weighted by Crippen LogP contribution is 2.39. The first kappa shape index (κ1) is 15.1. The molecule has 0 amide bonds. The minimum absolute atomic E-state index is 0.0142. The number of rotatable bonds is 3. The van der Waals surface area contributed by atoms with Crippen LogP contribution in [0.4, 0.5) is 5.69 Å². The third kappa shape index (κ3) is 2.76. The number of β-amino-alcohol motifs (C(OH)–C–C–N with tert-alkyl or cyclic N) is 1. The topological polar surface area (TPSA) is 41.9 Å². The Morgan fingerprint density at radius 3 is 2.40 bits per heavy atom. The molecule has 0 aromatic heterocycles. The molecular formula is C16H25NO3. The molecule has 1 aliphatic rings. The highest BCUT2D eigenvalue weighted by molar-refractivity contribution is 5.64. The first-order valence-electron chi connectivity index (χ1n) is 7.01. The Bertz CT molecular complexity index is 467. The molecule has 1 aliphatic heterocycles. The van der Waals surface area contributed by atoms with E-state index in [4.69, 9.17) is 9.47 Å². The van der Waals surface area contributed by atoms with Gasteiger partial charge in [0.25, 0.3) is 0 Å². The van der Waals surface area contributed by atoms with Crippen molar-refractivity contribution < 1.29 is 14.6 Å². The van der Waals surface area contributed by atoms with Gasteiger partial charge in [-0.3, -0.25) is 0 Å². The molecule has 20 heavy (non-hydrogen) atoms. The number of aliphatic hydroxyl groups is 1. The van der Waals surface area contributed by atoms with Gasteiger partial charge in [-0.05, 0) is 11.5 Å². The van der Waals surface area contributed by atoms with Crippen LogP contribution in [0.5, 0.6) is 5.75 Å². The van der Waals surface area contributed by atoms with Gasteiger partial charge in [0.2, 0.25) is 0 Å². The van der Waals surface area contributed by atoms with Crippen molar-refractivity contribution in [3.05, 3.63) is 23.8 Å². The third-order valence-electron chi connectivity index (χ3n) is 3.89. The average molecular weight is 279 g/mol. The largest absolute Gasteiger partial charge is 0.494 e. The van der Waals surface area contributed by atoms with Gasteiger partial charge in [0, 0.05) is 25.8 Å². The second-order valence-electron chi connectivity index (χ2n) is 6.35. The Hall–Kier alpha value is -1.26. The van der Waals surface area contributed by atoms with Crippen molar-refractivity contribution in [2.75, 3.05) is 32.2 Å². The van der Waals surface area contributed by atoms with Gasteiger partial charge in [-0.25, -0.2) is 0 Å². The number of aliphatic hydroxyl groups excluding tert-OH is 1. The van der Waals surface area contributed by atoms with E-state index in [2.05, 4.69) is 31.7 Å². The van der Waals surface area contributed by atoms with Crippen molar-refractivity contribution in [1.29, 1.82) is 0 Å². The number of methoxy groups -OCH3 is 2. The molecule has 0 saturated carbocycles. The van der Waals surface area contributed by atoms with Crippen LogP contribution < -0.4 is 9.64 Å². The summed E-state index contributed by atoms with van der Waals surface area (Å²) >= 11 is 0. The minimum Gasteiger partial charge on any atom is -0.494 e. The van der Waals surface area contributed by atoms with Crippen LogP contribution in [-0.2, 0) is 10.2 Å². The van der Waals surface area contributed by atoms with E-state index in [-0.39, 0.29) is 11.5 Å². The third-order valence-corrected chi connectivity index (χ3v) is 3.89. The van der Waals surface area contributed by atoms with Crippen LogP contribution in [0.25, 0.3) is 0 Å². The van der Waals surface area contributed by atoms with Gasteiger partial charge < -0.3 is 19.5 Å². The van der Waals surface area contributed by atoms with E-state index >= 15 is 0 Å². The smallest absolute Gasteiger partial charge is 0.145 e. The summed E-state index contributed by atoms with van der Waals surface area (Å²) in [6, 6.07) is 6.19. The zero-order valence-electron chi connectivity index (χ0n) is 13.0. The van der Waals surface area contributed by atoms with E-state index in [1.54, 1.807) is 14.2 Å². The molecule has 1 N–H and O–H groups in total. The van der Waals surface area contributed by atoms with Crippen molar-refractivity contribution in [3.63, 3.8) is 0 Å². The van der Waals surface area contributed by atoms with Crippen LogP contribution >= 0.6 is 0 Å². The highest BCUT2D eigenvalue weighted by atomic mass is 16.5. The standard InChI is InChI=1S/C16H25NO3/c1-16(2,3)11-7-6-8-12(15(11)20-5)17-9-13(18)14(10-17)19-4/h6-8,13-14,18H,9-10H2,1-5H3. The maximum absolute atomic E-state index is 10.0. The molecule has 0 spiro atoms. The summed E-state index contributed by atoms with van der Waals surface area (Å²) in [7, 11) is 3.34. The first-order valence-corrected chi connectivity index (χ1v) is 7.01. The normalized spacial score (nSPS) is 23.2. The van der Waals surface area contributed by atoms with Crippen LogP contribution in [-0.4, -0.2) is 44.6 Å². The second kappa shape index (κ2) is 5.62. The molecule has 0 bridgehead atoms. The van der Waals surface area contributed by atoms with E-state index in [1.807, 2.05) is 12.1 Å². The summed E-state index contributed by atoms with van der Waals surface area (Å²) in [5.74, 6) is 0.893. The molecule has 1 aromatic rings. The van der Waals surface area contributed by atoms with Crippen molar-refractivity contribution in [1.82, 2.24) is 0 Å². The van der Waals surface area contributed by atoms with Gasteiger partial charge in [0.15, 0.2) is 0 Å². The molecule has 0 radical (unpaired) electrons. The fourth-order valence-corrected chi connectivity index (χ4v) is 2.76. The SMILES string of the molecule is COc1c(N2CC(O)C(OC)C2)cccc1C(C)(C)C. The average Bonchev–Trinajstić information content (AvgIpc) is 2.77. The first-order chi connectivity index (χ1) is 9.38. The maximum atomic E-state index is 10.0. The Morgan fingerprint density at radius 2 is 1.90 bits per heavy atom. The van der Waals surface area contributed by atoms with E-state index in [9.17, 15) is 5.11 Å². The highest BCUT2D eigenvalue weighted by Gasteiger charge is 2.33. The molecule has 1 heterocycles. The minimum atomic E-state index is -0.456. The van der Waals surface area contributed by atoms with E-state index < -0.39 is 6.10 Å². The molecule has 4 heteroatoms. The summed E-state index contributed by atoms with van der Waals surface area (Å²) in [5, 5.41) is 10.0. The van der Waals surface area contributed by atoms with Gasteiger partial charge in [0.05, 0.1) is 18.9 Å². The van der Waals surface area contributed by atoms with Gasteiger partial charge >= 0.3 is 0 Å². The predicted molar refractivity (Wildman–Crippen MR) is 80.7 cm³/mol. The summed E-state index contributed by atoms with van der Waals surface area (Å²) in [6.07, 6.45) is -0.596. The number of hydrogen-bond donors (Lipinski definition) is 1. The molecule has 4 nitrogen and oxygen atoms in total. The molecular weight excluding hydrogens is 254 g/mol. The summed E-state index contributed by atoms with van der Waals surface area (Å²) in [5.41, 5.74) is 2.21. The van der Waals surface area contributed by atoms with E-state index in [1.165, 1.54) is 5.56 Å². The van der Waals surface area contributed by atoms with Crippen LogP contribution in [0.3, 0.4) is 0 Å². The molecule has 1 aromatic carbocycles. The van der Waals surface area contributed by atoms with Gasteiger partial charge in [0.1, 0.15) is 11.9 Å². The summed E-state index contributed by atoms with van der Waals surface area (Å²) in [6.45, 7) is 7.77. The maximum Gasteiger partial charge on any atom is 0.145 e. The second-order valence-corrected chi connectivity index (χ2v) is 6.35. The van der Waals surface area contributed by atoms with Crippen molar-refractivity contribution >= 4 is 5.69 Å². The Balaban J connectivity index is 2.38. The summed E-state index contributed by atoms with van der Waals surface area (Å²) < 4.78 is 11.0. The summed E-state index contributed by atoms with van der Waals surface area (Å²) in [4.78, 5) is 2.13. The fraction of sp³-hybridized carbons (Fsp3) is 0.625. The lowest BCUT2D eigenvalue weighted by Crippen LogP contribution is -2.25. The number of hydrogen-bond acceptors (Lipinski definition) is 4. The van der Waals surface area contributed by atoms with E-state index in [0.717, 1.165) is 11.4 Å². The molecule has 2 unspecified atom stereocenters. The van der Waals surface area contributed by atoms with Crippen LogP contribution in [0.1, 0.15) is 26.3 Å². The number of nitrogens with zero attached hydrogens (tertiary/aromatic N) is 1. The predicted octanol–water partition coefficient (Wildman–Crippen LogP) is 2.19. The van der Waals surface area contributed by atoms with Crippen molar-refractivity contribution in [2.45, 2.75) is 38.4 Å². The van der Waals surface area contributed by atoms with Gasteiger partial charge in [-0.15, -0.1) is 0 Å². The molecule has 2 rings (SSSR count). The molecule has 2 atom stereocenters. The van der Waals surface area contributed by atoms with E-state index in [0.29, 0.717) is 13.1 Å². The molecule has 1 fully saturated rings. The molecule has 112 valence electrons. The zero-order chi connectivity index (χ0) is 14.9. The monoisotopic (exact) mass is 279 g/mol. The van der Waals surface area contributed by atoms with Gasteiger partial charge in [-0.1, -0.05) is 32.9 Å². The lowest BCUT2D eigenvalue weighted by Gasteiger charge is -2.27. The number of anilines is 1. The van der Waals surface area contributed by atoms with Crippen LogP contribution in [0.15, 0.2) is 18.2 Å². The zero-order valence-corrected chi connectivity index (χ0v) is 13.0. The Labute approximate surface area is 121 Å². The lowest BCUT2D eigenvalue weighted by atomic mass is 9.86. The number of para-hydroxylation sites is 1. The Morgan fingerprint density at radius 1 is 1.20 bits per heavy atom. The van der Waals surface area contributed by atoms with Crippen LogP contribution in [0, 0.1) is 0 Å². The van der Waals surface area contributed by atoms with Gasteiger partial charge in [-0.2, -0.15) is 0 Å². The fourth-order valence-electron chi connectivity index (χ4n) is 2.76. The molecule has 0 aliphatic carbocycles. The number of ether oxygens (including phenoxy) is 2. The van der Waals surface area contributed by atoms with Crippen LogP contribution in [0.2, 0.25) is 0 Å². The quantitative estimate of drug-likeness (QED) is 0.921. The number of benzene rings is 1. The lowest BCUT2D eigenvalue weighted by molar-refractivity contribution is 0.0217. The Kier molecular flexibility index (Phi) is 4.25.